The van der Waals surface area contributed by atoms with Gasteiger partial charge in [-0.25, -0.2) is 0 Å². The van der Waals surface area contributed by atoms with Crippen molar-refractivity contribution in [3.8, 4) is 0 Å². The van der Waals surface area contributed by atoms with E-state index in [0.29, 0.717) is 5.41 Å². The van der Waals surface area contributed by atoms with E-state index < -0.39 is 0 Å². The average molecular weight is 358 g/mol. The lowest BCUT2D eigenvalue weighted by Gasteiger charge is -2.44. The van der Waals surface area contributed by atoms with Crippen LogP contribution >= 0.6 is 0 Å². The van der Waals surface area contributed by atoms with Crippen LogP contribution in [-0.4, -0.2) is 66.1 Å². The molecule has 0 aromatic rings. The number of nitrogens with zero attached hydrogens (tertiary/aromatic N) is 3. The molecule has 3 saturated carbocycles. The maximum absolute atomic E-state index is 4.60. The second-order valence-electron chi connectivity index (χ2n) is 10.0. The summed E-state index contributed by atoms with van der Waals surface area (Å²) in [4.78, 5) is 8.25. The number of rotatable bonds is 4. The van der Waals surface area contributed by atoms with E-state index in [1.807, 2.05) is 0 Å². The fraction of sp³-hybridized carbons (Fsp3) is 0.913. The summed E-state index contributed by atoms with van der Waals surface area (Å²) in [5, 5.41) is 0. The summed E-state index contributed by atoms with van der Waals surface area (Å²) >= 11 is 0. The minimum atomic E-state index is 0.646. The van der Waals surface area contributed by atoms with Gasteiger partial charge in [-0.2, -0.15) is 0 Å². The highest BCUT2D eigenvalue weighted by Crippen LogP contribution is 2.62. The second-order valence-corrected chi connectivity index (χ2v) is 10.0. The first-order chi connectivity index (χ1) is 12.8. The van der Waals surface area contributed by atoms with Crippen LogP contribution in [0, 0.1) is 11.3 Å². The zero-order valence-electron chi connectivity index (χ0n) is 16.8. The van der Waals surface area contributed by atoms with Crippen LogP contribution in [0.5, 0.6) is 0 Å². The van der Waals surface area contributed by atoms with Gasteiger partial charge in [0.15, 0.2) is 0 Å². The summed E-state index contributed by atoms with van der Waals surface area (Å²) in [5.74, 6) is 0.811. The van der Waals surface area contributed by atoms with Crippen molar-refractivity contribution in [1.29, 1.82) is 0 Å². The van der Waals surface area contributed by atoms with E-state index in [9.17, 15) is 0 Å². The Morgan fingerprint density at radius 3 is 1.85 bits per heavy atom. The van der Waals surface area contributed by atoms with Gasteiger partial charge in [-0.15, -0.1) is 0 Å². The molecule has 2 heterocycles. The summed E-state index contributed by atoms with van der Waals surface area (Å²) in [5.41, 5.74) is 2.15. The van der Waals surface area contributed by atoms with Crippen molar-refractivity contribution in [3.05, 3.63) is 12.3 Å². The van der Waals surface area contributed by atoms with Crippen molar-refractivity contribution in [3.63, 3.8) is 0 Å². The molecule has 0 N–H and O–H groups in total. The average Bonchev–Trinajstić information content (AvgIpc) is 3.35. The Morgan fingerprint density at radius 1 is 0.692 bits per heavy atom. The maximum atomic E-state index is 4.60. The molecule has 1 spiro atoms. The van der Waals surface area contributed by atoms with Crippen LogP contribution in [0.3, 0.4) is 0 Å². The van der Waals surface area contributed by atoms with Gasteiger partial charge in [0.25, 0.3) is 0 Å². The van der Waals surface area contributed by atoms with Crippen LogP contribution in [0.25, 0.3) is 0 Å². The van der Waals surface area contributed by atoms with Gasteiger partial charge in [-0.05, 0) is 63.5 Å². The molecule has 0 aromatic carbocycles. The second kappa shape index (κ2) is 7.13. The zero-order chi connectivity index (χ0) is 17.6. The Balaban J connectivity index is 1.10. The summed E-state index contributed by atoms with van der Waals surface area (Å²) in [6, 6.07) is 1.84. The highest BCUT2D eigenvalue weighted by molar-refractivity contribution is 5.20. The standard InChI is InChI=1S/C23H39N3/c1-19(24-14-16-26(17-15-24)21-8-5-9-21)22-18-23(22)10-12-25(13-11-23)20-6-3-2-4-7-20/h20-22H,1-18H2. The number of piperazine rings is 1. The van der Waals surface area contributed by atoms with Gasteiger partial charge >= 0.3 is 0 Å². The number of likely N-dealkylation sites (tertiary alicyclic amines) is 1. The zero-order valence-corrected chi connectivity index (χ0v) is 16.8. The lowest BCUT2D eigenvalue weighted by atomic mass is 9.86. The molecule has 0 amide bonds. The van der Waals surface area contributed by atoms with Gasteiger partial charge in [0.2, 0.25) is 0 Å². The van der Waals surface area contributed by atoms with Crippen molar-refractivity contribution in [1.82, 2.24) is 14.7 Å². The van der Waals surface area contributed by atoms with Gasteiger partial charge < -0.3 is 9.80 Å². The van der Waals surface area contributed by atoms with Gasteiger partial charge in [-0.3, -0.25) is 4.90 Å². The summed E-state index contributed by atoms with van der Waals surface area (Å²) < 4.78 is 0. The molecule has 0 aromatic heterocycles. The van der Waals surface area contributed by atoms with E-state index in [1.165, 1.54) is 116 Å². The van der Waals surface area contributed by atoms with Crippen LogP contribution in [0.15, 0.2) is 12.3 Å². The highest BCUT2D eigenvalue weighted by Gasteiger charge is 2.57. The molecule has 146 valence electrons. The Bertz CT molecular complexity index is 504. The molecule has 5 rings (SSSR count). The molecule has 0 radical (unpaired) electrons. The van der Waals surface area contributed by atoms with E-state index in [4.69, 9.17) is 0 Å². The molecule has 2 saturated heterocycles. The predicted octanol–water partition coefficient (Wildman–Crippen LogP) is 4.11. The Labute approximate surface area is 160 Å². The molecule has 1 atom stereocenters. The quantitative estimate of drug-likeness (QED) is 0.750. The van der Waals surface area contributed by atoms with Crippen molar-refractivity contribution in [2.75, 3.05) is 39.3 Å². The molecule has 3 nitrogen and oxygen atoms in total. The van der Waals surface area contributed by atoms with Gasteiger partial charge in [0, 0.05) is 49.9 Å². The van der Waals surface area contributed by atoms with Crippen molar-refractivity contribution >= 4 is 0 Å². The van der Waals surface area contributed by atoms with Gasteiger partial charge in [0.05, 0.1) is 0 Å². The number of hydrogen-bond acceptors (Lipinski definition) is 3. The first kappa shape index (κ1) is 17.6. The largest absolute Gasteiger partial charge is 0.372 e. The smallest absolute Gasteiger partial charge is 0.0303 e. The molecule has 3 heteroatoms. The Hall–Kier alpha value is -0.540. The van der Waals surface area contributed by atoms with Crippen LogP contribution in [0.4, 0.5) is 0 Å². The summed E-state index contributed by atoms with van der Waals surface area (Å²) in [7, 11) is 0. The lowest BCUT2D eigenvalue weighted by Crippen LogP contribution is -2.52. The normalized spacial score (nSPS) is 34.0. The molecular formula is C23H39N3. The number of hydrogen-bond donors (Lipinski definition) is 0. The van der Waals surface area contributed by atoms with E-state index in [0.717, 1.165) is 18.0 Å². The monoisotopic (exact) mass is 357 g/mol. The van der Waals surface area contributed by atoms with E-state index in [1.54, 1.807) is 0 Å². The molecule has 3 aliphatic carbocycles. The third-order valence-electron chi connectivity index (χ3n) is 8.79. The molecular weight excluding hydrogens is 318 g/mol. The van der Waals surface area contributed by atoms with Gasteiger partial charge in [-0.1, -0.05) is 32.3 Å². The third-order valence-corrected chi connectivity index (χ3v) is 8.79. The van der Waals surface area contributed by atoms with E-state index >= 15 is 0 Å². The first-order valence-electron chi connectivity index (χ1n) is 11.7. The fourth-order valence-corrected chi connectivity index (χ4v) is 6.50. The number of piperidine rings is 1. The maximum Gasteiger partial charge on any atom is 0.0303 e. The van der Waals surface area contributed by atoms with Gasteiger partial charge in [0.1, 0.15) is 0 Å². The molecule has 1 unspecified atom stereocenters. The minimum Gasteiger partial charge on any atom is -0.372 e. The Morgan fingerprint density at radius 2 is 1.27 bits per heavy atom. The van der Waals surface area contributed by atoms with Crippen LogP contribution in [0.1, 0.15) is 70.6 Å². The molecule has 26 heavy (non-hydrogen) atoms. The van der Waals surface area contributed by atoms with Crippen LogP contribution < -0.4 is 0 Å². The first-order valence-corrected chi connectivity index (χ1v) is 11.7. The minimum absolute atomic E-state index is 0.646. The summed E-state index contributed by atoms with van der Waals surface area (Å²) in [6.45, 7) is 12.3. The SMILES string of the molecule is C=C(C1CC12CCN(C1CCCCC1)CC2)N1CCN(C2CCC2)CC1. The Kier molecular flexibility index (Phi) is 4.81. The van der Waals surface area contributed by atoms with E-state index in [-0.39, 0.29) is 0 Å². The molecule has 5 fully saturated rings. The van der Waals surface area contributed by atoms with Crippen LogP contribution in [0.2, 0.25) is 0 Å². The lowest BCUT2D eigenvalue weighted by molar-refractivity contribution is 0.0685. The fourth-order valence-electron chi connectivity index (χ4n) is 6.50. The van der Waals surface area contributed by atoms with Crippen molar-refractivity contribution in [2.45, 2.75) is 82.7 Å². The third kappa shape index (κ3) is 3.24. The van der Waals surface area contributed by atoms with Crippen molar-refractivity contribution < 1.29 is 0 Å². The molecule has 5 aliphatic rings. The summed E-state index contributed by atoms with van der Waals surface area (Å²) in [6.07, 6.45) is 16.0. The molecule has 2 aliphatic heterocycles. The van der Waals surface area contributed by atoms with Crippen LogP contribution in [-0.2, 0) is 0 Å². The number of allylic oxidation sites excluding steroid dienone is 1. The van der Waals surface area contributed by atoms with Crippen molar-refractivity contribution in [2.24, 2.45) is 11.3 Å². The van der Waals surface area contributed by atoms with E-state index in [2.05, 4.69) is 21.3 Å². The highest BCUT2D eigenvalue weighted by atomic mass is 15.3. The predicted molar refractivity (Wildman–Crippen MR) is 108 cm³/mol. The topological polar surface area (TPSA) is 9.72 Å². The molecule has 0 bridgehead atoms.